The van der Waals surface area contributed by atoms with E-state index in [-0.39, 0.29) is 5.28 Å². The molecule has 1 saturated heterocycles. The Bertz CT molecular complexity index is 341. The van der Waals surface area contributed by atoms with Crippen LogP contribution in [0.15, 0.2) is 6.20 Å². The van der Waals surface area contributed by atoms with Crippen LogP contribution in [-0.4, -0.2) is 27.5 Å². The molecule has 0 aliphatic carbocycles. The second kappa shape index (κ2) is 4.90. The molecule has 2 heterocycles. The van der Waals surface area contributed by atoms with Crippen molar-refractivity contribution >= 4 is 34.9 Å². The fraction of sp³-hybridized carbons (Fsp3) is 0.556. The average Bonchev–Trinajstić information content (AvgIpc) is 2.25. The fourth-order valence-corrected chi connectivity index (χ4v) is 2.74. The number of anilines is 2. The lowest BCUT2D eigenvalue weighted by Gasteiger charge is -2.23. The predicted molar refractivity (Wildman–Crippen MR) is 65.4 cm³/mol. The molecule has 82 valence electrons. The van der Waals surface area contributed by atoms with Crippen molar-refractivity contribution in [3.63, 3.8) is 0 Å². The molecule has 0 bridgehead atoms. The smallest absolute Gasteiger partial charge is 0.224 e. The van der Waals surface area contributed by atoms with E-state index in [0.29, 0.717) is 17.5 Å². The van der Waals surface area contributed by atoms with Crippen molar-refractivity contribution in [3.8, 4) is 0 Å². The lowest BCUT2D eigenvalue weighted by molar-refractivity contribution is 0.682. The van der Waals surface area contributed by atoms with Gasteiger partial charge in [0, 0.05) is 11.8 Å². The standard InChI is InChI=1S/C9H13ClN4S/c10-9-12-4-7(11)8(14-9)13-6-2-1-3-15-5-6/h4,6H,1-3,5,11H2,(H,12,13,14). The Morgan fingerprint density at radius 2 is 2.47 bits per heavy atom. The number of nitrogens with one attached hydrogen (secondary N) is 1. The molecule has 0 amide bonds. The summed E-state index contributed by atoms with van der Waals surface area (Å²) in [6.07, 6.45) is 3.93. The summed E-state index contributed by atoms with van der Waals surface area (Å²) in [6.45, 7) is 0. The van der Waals surface area contributed by atoms with Crippen molar-refractivity contribution in [1.82, 2.24) is 9.97 Å². The molecule has 1 fully saturated rings. The maximum Gasteiger partial charge on any atom is 0.224 e. The molecular weight excluding hydrogens is 232 g/mol. The topological polar surface area (TPSA) is 63.8 Å². The molecule has 0 radical (unpaired) electrons. The van der Waals surface area contributed by atoms with E-state index >= 15 is 0 Å². The summed E-state index contributed by atoms with van der Waals surface area (Å²) >= 11 is 7.66. The van der Waals surface area contributed by atoms with Crippen LogP contribution in [0.25, 0.3) is 0 Å². The van der Waals surface area contributed by atoms with Crippen LogP contribution in [-0.2, 0) is 0 Å². The summed E-state index contributed by atoms with van der Waals surface area (Å²) in [5.74, 6) is 3.00. The lowest BCUT2D eigenvalue weighted by atomic mass is 10.2. The van der Waals surface area contributed by atoms with E-state index in [0.717, 1.165) is 12.2 Å². The highest BCUT2D eigenvalue weighted by atomic mass is 35.5. The number of halogens is 1. The molecule has 1 aromatic rings. The first-order valence-corrected chi connectivity index (χ1v) is 6.41. The van der Waals surface area contributed by atoms with Crippen molar-refractivity contribution in [2.24, 2.45) is 0 Å². The number of aromatic nitrogens is 2. The van der Waals surface area contributed by atoms with Gasteiger partial charge in [-0.05, 0) is 30.2 Å². The maximum atomic E-state index is 5.75. The summed E-state index contributed by atoms with van der Waals surface area (Å²) in [5.41, 5.74) is 6.30. The molecule has 2 rings (SSSR count). The molecule has 3 N–H and O–H groups in total. The first-order valence-electron chi connectivity index (χ1n) is 4.88. The molecule has 0 aromatic carbocycles. The first-order chi connectivity index (χ1) is 7.25. The van der Waals surface area contributed by atoms with Gasteiger partial charge in [0.2, 0.25) is 5.28 Å². The van der Waals surface area contributed by atoms with Crippen molar-refractivity contribution in [2.45, 2.75) is 18.9 Å². The van der Waals surface area contributed by atoms with Crippen molar-refractivity contribution in [1.29, 1.82) is 0 Å². The monoisotopic (exact) mass is 244 g/mol. The van der Waals surface area contributed by atoms with Crippen molar-refractivity contribution < 1.29 is 0 Å². The van der Waals surface area contributed by atoms with Crippen LogP contribution in [0.5, 0.6) is 0 Å². The fourth-order valence-electron chi connectivity index (χ4n) is 1.53. The average molecular weight is 245 g/mol. The third-order valence-electron chi connectivity index (χ3n) is 2.29. The quantitative estimate of drug-likeness (QED) is 0.780. The zero-order valence-corrected chi connectivity index (χ0v) is 9.81. The number of thioether (sulfide) groups is 1. The van der Waals surface area contributed by atoms with E-state index in [4.69, 9.17) is 17.3 Å². The summed E-state index contributed by atoms with van der Waals surface area (Å²) in [5, 5.41) is 3.54. The van der Waals surface area contributed by atoms with Gasteiger partial charge in [-0.25, -0.2) is 4.98 Å². The second-order valence-corrected chi connectivity index (χ2v) is 4.99. The van der Waals surface area contributed by atoms with Gasteiger partial charge in [-0.3, -0.25) is 0 Å². The Kier molecular flexibility index (Phi) is 3.53. The Hall–Kier alpha value is -0.680. The van der Waals surface area contributed by atoms with Crippen LogP contribution in [0, 0.1) is 0 Å². The number of hydrogen-bond acceptors (Lipinski definition) is 5. The van der Waals surface area contributed by atoms with E-state index < -0.39 is 0 Å². The van der Waals surface area contributed by atoms with Crippen LogP contribution in [0.2, 0.25) is 5.28 Å². The summed E-state index contributed by atoms with van der Waals surface area (Å²) in [6, 6.07) is 0.442. The first kappa shape index (κ1) is 10.8. The molecular formula is C9H13ClN4S. The highest BCUT2D eigenvalue weighted by Crippen LogP contribution is 2.23. The Morgan fingerprint density at radius 3 is 3.20 bits per heavy atom. The molecule has 1 unspecified atom stereocenters. The van der Waals surface area contributed by atoms with Crippen LogP contribution < -0.4 is 11.1 Å². The summed E-state index contributed by atoms with van der Waals surface area (Å²) < 4.78 is 0. The van der Waals surface area contributed by atoms with E-state index in [2.05, 4.69) is 15.3 Å². The molecule has 1 aromatic heterocycles. The highest BCUT2D eigenvalue weighted by Gasteiger charge is 2.15. The number of nitrogens with zero attached hydrogens (tertiary/aromatic N) is 2. The van der Waals surface area contributed by atoms with Gasteiger partial charge in [0.05, 0.1) is 11.9 Å². The van der Waals surface area contributed by atoms with E-state index in [1.165, 1.54) is 18.4 Å². The van der Waals surface area contributed by atoms with E-state index in [1.54, 1.807) is 0 Å². The lowest BCUT2D eigenvalue weighted by Crippen LogP contribution is -2.26. The molecule has 4 nitrogen and oxygen atoms in total. The zero-order valence-electron chi connectivity index (χ0n) is 8.24. The number of rotatable bonds is 2. The van der Waals surface area contributed by atoms with Crippen LogP contribution in [0.1, 0.15) is 12.8 Å². The van der Waals surface area contributed by atoms with E-state index in [9.17, 15) is 0 Å². The third kappa shape index (κ3) is 2.89. The van der Waals surface area contributed by atoms with Crippen LogP contribution >= 0.6 is 23.4 Å². The molecule has 6 heteroatoms. The van der Waals surface area contributed by atoms with Crippen LogP contribution in [0.3, 0.4) is 0 Å². The van der Waals surface area contributed by atoms with Gasteiger partial charge in [0.15, 0.2) is 5.82 Å². The molecule has 15 heavy (non-hydrogen) atoms. The largest absolute Gasteiger partial charge is 0.394 e. The van der Waals surface area contributed by atoms with Crippen LogP contribution in [0.4, 0.5) is 11.5 Å². The van der Waals surface area contributed by atoms with Crippen molar-refractivity contribution in [2.75, 3.05) is 22.6 Å². The maximum absolute atomic E-state index is 5.75. The predicted octanol–water partition coefficient (Wildman–Crippen LogP) is 2.02. The highest BCUT2D eigenvalue weighted by molar-refractivity contribution is 7.99. The van der Waals surface area contributed by atoms with Gasteiger partial charge in [-0.15, -0.1) is 0 Å². The number of nitrogens with two attached hydrogens (primary N) is 1. The Morgan fingerprint density at radius 1 is 1.60 bits per heavy atom. The van der Waals surface area contributed by atoms with Gasteiger partial charge in [0.25, 0.3) is 0 Å². The third-order valence-corrected chi connectivity index (χ3v) is 3.69. The molecule has 0 spiro atoms. The van der Waals surface area contributed by atoms with E-state index in [1.807, 2.05) is 11.8 Å². The minimum Gasteiger partial charge on any atom is -0.394 e. The Balaban J connectivity index is 2.05. The summed E-state index contributed by atoms with van der Waals surface area (Å²) in [4.78, 5) is 7.89. The zero-order chi connectivity index (χ0) is 10.7. The van der Waals surface area contributed by atoms with Gasteiger partial charge in [0.1, 0.15) is 0 Å². The Labute approximate surface area is 98.0 Å². The van der Waals surface area contributed by atoms with Crippen molar-refractivity contribution in [3.05, 3.63) is 11.5 Å². The SMILES string of the molecule is Nc1cnc(Cl)nc1NC1CCCSC1. The van der Waals surface area contributed by atoms with Gasteiger partial charge < -0.3 is 11.1 Å². The summed E-state index contributed by atoms with van der Waals surface area (Å²) in [7, 11) is 0. The molecule has 1 aliphatic heterocycles. The van der Waals surface area contributed by atoms with Gasteiger partial charge in [-0.1, -0.05) is 0 Å². The molecule has 1 aliphatic rings. The molecule has 1 atom stereocenters. The minimum absolute atomic E-state index is 0.232. The van der Waals surface area contributed by atoms with Gasteiger partial charge in [-0.2, -0.15) is 16.7 Å². The van der Waals surface area contributed by atoms with Gasteiger partial charge >= 0.3 is 0 Å². The minimum atomic E-state index is 0.232. The normalized spacial score (nSPS) is 21.3. The second-order valence-electron chi connectivity index (χ2n) is 3.50. The number of nitrogen functional groups attached to an aromatic ring is 1. The molecule has 0 saturated carbocycles. The number of hydrogen-bond donors (Lipinski definition) is 2.